The second-order valence-corrected chi connectivity index (χ2v) is 4.85. The number of nitrogens with one attached hydrogen (secondary N) is 1. The van der Waals surface area contributed by atoms with Crippen molar-refractivity contribution in [3.63, 3.8) is 0 Å². The van der Waals surface area contributed by atoms with Crippen molar-refractivity contribution in [2.75, 3.05) is 7.11 Å². The predicted octanol–water partition coefficient (Wildman–Crippen LogP) is 3.08. The molecule has 0 fully saturated rings. The summed E-state index contributed by atoms with van der Waals surface area (Å²) >= 11 is 5.91. The van der Waals surface area contributed by atoms with Crippen LogP contribution in [0.25, 0.3) is 17.1 Å². The number of hydrogen-bond acceptors (Lipinski definition) is 4. The molecule has 0 radical (unpaired) electrons. The summed E-state index contributed by atoms with van der Waals surface area (Å²) in [7, 11) is 1.36. The predicted molar refractivity (Wildman–Crippen MR) is 80.8 cm³/mol. The fraction of sp³-hybridized carbons (Fsp3) is 0.0667. The van der Waals surface area contributed by atoms with E-state index in [0.29, 0.717) is 16.5 Å². The van der Waals surface area contributed by atoms with Gasteiger partial charge >= 0.3 is 0 Å². The van der Waals surface area contributed by atoms with Crippen molar-refractivity contribution < 1.29 is 14.0 Å². The highest BCUT2D eigenvalue weighted by Gasteiger charge is 2.18. The van der Waals surface area contributed by atoms with E-state index in [1.165, 1.54) is 7.11 Å². The minimum atomic E-state index is -0.442. The van der Waals surface area contributed by atoms with Gasteiger partial charge in [-0.1, -0.05) is 11.6 Å². The Morgan fingerprint density at radius 1 is 1.32 bits per heavy atom. The minimum absolute atomic E-state index is 0.211. The van der Waals surface area contributed by atoms with Crippen LogP contribution in [0, 0.1) is 0 Å². The largest absolute Gasteiger partial charge is 0.463 e. The monoisotopic (exact) mass is 317 g/mol. The normalized spacial score (nSPS) is 10.6. The lowest BCUT2D eigenvalue weighted by molar-refractivity contribution is 0.0532. The van der Waals surface area contributed by atoms with E-state index in [1.54, 1.807) is 53.4 Å². The molecule has 0 bridgehead atoms. The molecule has 1 N–H and O–H groups in total. The van der Waals surface area contributed by atoms with Crippen LogP contribution in [0.4, 0.5) is 0 Å². The van der Waals surface area contributed by atoms with E-state index in [4.69, 9.17) is 16.0 Å². The second kappa shape index (κ2) is 6.05. The van der Waals surface area contributed by atoms with Crippen LogP contribution in [-0.4, -0.2) is 22.8 Å². The van der Waals surface area contributed by atoms with Gasteiger partial charge in [-0.25, -0.2) is 10.2 Å². The van der Waals surface area contributed by atoms with Gasteiger partial charge < -0.3 is 4.42 Å². The number of halogens is 1. The van der Waals surface area contributed by atoms with E-state index < -0.39 is 5.91 Å². The molecule has 0 unspecified atom stereocenters. The molecule has 0 aliphatic rings. The number of amides is 1. The highest BCUT2D eigenvalue weighted by atomic mass is 35.5. The number of rotatable bonds is 4. The van der Waals surface area contributed by atoms with Crippen LogP contribution in [0.15, 0.2) is 53.1 Å². The number of aromatic nitrogens is 2. The van der Waals surface area contributed by atoms with Gasteiger partial charge in [0.25, 0.3) is 5.91 Å². The number of benzene rings is 1. The molecule has 7 heteroatoms. The molecule has 3 rings (SSSR count). The number of nitrogens with zero attached hydrogens (tertiary/aromatic N) is 2. The quantitative estimate of drug-likeness (QED) is 0.751. The molecule has 0 aliphatic carbocycles. The van der Waals surface area contributed by atoms with Crippen molar-refractivity contribution in [3.05, 3.63) is 59.4 Å². The highest BCUT2D eigenvalue weighted by molar-refractivity contribution is 6.30. The average molecular weight is 318 g/mol. The topological polar surface area (TPSA) is 69.3 Å². The van der Waals surface area contributed by atoms with Crippen molar-refractivity contribution in [1.82, 2.24) is 15.3 Å². The zero-order valence-electron chi connectivity index (χ0n) is 11.6. The lowest BCUT2D eigenvalue weighted by Crippen LogP contribution is -2.22. The Hall–Kier alpha value is -2.57. The third kappa shape index (κ3) is 2.74. The molecule has 0 saturated heterocycles. The Labute approximate surface area is 131 Å². The van der Waals surface area contributed by atoms with Crippen LogP contribution in [0.1, 0.15) is 10.5 Å². The Morgan fingerprint density at radius 2 is 2.09 bits per heavy atom. The van der Waals surface area contributed by atoms with Crippen LogP contribution in [0.2, 0.25) is 5.02 Å². The van der Waals surface area contributed by atoms with Gasteiger partial charge in [0.1, 0.15) is 5.69 Å². The van der Waals surface area contributed by atoms with Gasteiger partial charge in [-0.2, -0.15) is 5.10 Å². The maximum absolute atomic E-state index is 11.9. The van der Waals surface area contributed by atoms with E-state index in [-0.39, 0.29) is 5.69 Å². The third-order valence-electron chi connectivity index (χ3n) is 2.98. The zero-order chi connectivity index (χ0) is 15.5. The first-order chi connectivity index (χ1) is 10.7. The molecule has 0 aliphatic heterocycles. The molecule has 1 aromatic carbocycles. The van der Waals surface area contributed by atoms with E-state index in [0.717, 1.165) is 5.69 Å². The first kappa shape index (κ1) is 14.4. The van der Waals surface area contributed by atoms with Crippen molar-refractivity contribution in [2.24, 2.45) is 0 Å². The summed E-state index contributed by atoms with van der Waals surface area (Å²) in [6.45, 7) is 0. The van der Waals surface area contributed by atoms with Crippen molar-refractivity contribution in [1.29, 1.82) is 0 Å². The second-order valence-electron chi connectivity index (χ2n) is 4.42. The summed E-state index contributed by atoms with van der Waals surface area (Å²) in [4.78, 5) is 16.5. The molecule has 0 saturated carbocycles. The maximum Gasteiger partial charge on any atom is 0.295 e. The van der Waals surface area contributed by atoms with Crippen LogP contribution in [-0.2, 0) is 4.84 Å². The van der Waals surface area contributed by atoms with E-state index in [1.807, 2.05) is 0 Å². The van der Waals surface area contributed by atoms with Gasteiger partial charge in [-0.3, -0.25) is 9.63 Å². The fourth-order valence-corrected chi connectivity index (χ4v) is 2.14. The summed E-state index contributed by atoms with van der Waals surface area (Å²) < 4.78 is 7.02. The summed E-state index contributed by atoms with van der Waals surface area (Å²) in [5, 5.41) is 4.92. The van der Waals surface area contributed by atoms with Gasteiger partial charge in [0, 0.05) is 11.1 Å². The minimum Gasteiger partial charge on any atom is -0.463 e. The molecular weight excluding hydrogens is 306 g/mol. The average Bonchev–Trinajstić information content (AvgIpc) is 3.17. The van der Waals surface area contributed by atoms with Crippen molar-refractivity contribution in [2.45, 2.75) is 0 Å². The van der Waals surface area contributed by atoms with Gasteiger partial charge in [-0.15, -0.1) is 0 Å². The molecular formula is C15H12ClN3O3. The van der Waals surface area contributed by atoms with E-state index in [2.05, 4.69) is 15.4 Å². The van der Waals surface area contributed by atoms with Crippen LogP contribution in [0.5, 0.6) is 0 Å². The Balaban J connectivity index is 2.10. The van der Waals surface area contributed by atoms with E-state index in [9.17, 15) is 4.79 Å². The fourth-order valence-electron chi connectivity index (χ4n) is 2.02. The molecule has 22 heavy (non-hydrogen) atoms. The number of hydrogen-bond donors (Lipinski definition) is 1. The van der Waals surface area contributed by atoms with Crippen LogP contribution < -0.4 is 5.48 Å². The molecule has 2 aromatic heterocycles. The molecule has 0 atom stereocenters. The highest BCUT2D eigenvalue weighted by Crippen LogP contribution is 2.25. The first-order valence-electron chi connectivity index (χ1n) is 6.42. The van der Waals surface area contributed by atoms with E-state index >= 15 is 0 Å². The molecule has 1 amide bonds. The Kier molecular flexibility index (Phi) is 3.95. The lowest BCUT2D eigenvalue weighted by atomic mass is 10.2. The molecule has 112 valence electrons. The number of carbonyl (C=O) groups is 1. The Morgan fingerprint density at radius 3 is 2.73 bits per heavy atom. The van der Waals surface area contributed by atoms with Gasteiger partial charge in [0.2, 0.25) is 0 Å². The summed E-state index contributed by atoms with van der Waals surface area (Å²) in [5.74, 6) is 0.155. The van der Waals surface area contributed by atoms with Gasteiger partial charge in [0.15, 0.2) is 11.5 Å². The van der Waals surface area contributed by atoms with Crippen LogP contribution in [0.3, 0.4) is 0 Å². The van der Waals surface area contributed by atoms with Crippen molar-refractivity contribution in [3.8, 4) is 17.1 Å². The van der Waals surface area contributed by atoms with Crippen molar-refractivity contribution >= 4 is 17.5 Å². The lowest BCUT2D eigenvalue weighted by Gasteiger charge is -2.05. The third-order valence-corrected chi connectivity index (χ3v) is 3.23. The number of hydroxylamine groups is 1. The Bertz CT molecular complexity index is 779. The van der Waals surface area contributed by atoms with Gasteiger partial charge in [-0.05, 0) is 36.4 Å². The summed E-state index contributed by atoms with van der Waals surface area (Å²) in [6.07, 6.45) is 1.56. The number of furan rings is 1. The maximum atomic E-state index is 11.9. The summed E-state index contributed by atoms with van der Waals surface area (Å²) in [6, 6.07) is 12.3. The van der Waals surface area contributed by atoms with Crippen LogP contribution >= 0.6 is 11.6 Å². The zero-order valence-corrected chi connectivity index (χ0v) is 12.4. The summed E-state index contributed by atoms with van der Waals surface area (Å²) in [5.41, 5.74) is 3.86. The molecule has 2 heterocycles. The SMILES string of the molecule is CONC(=O)c1cc(-c2ccco2)n(-c2ccc(Cl)cc2)n1. The standard InChI is InChI=1S/C15H12ClN3O3/c1-21-18-15(20)12-9-13(14-3-2-8-22-14)19(17-12)11-6-4-10(16)5-7-11/h2-9H,1H3,(H,18,20). The first-order valence-corrected chi connectivity index (χ1v) is 6.80. The molecule has 0 spiro atoms. The molecule has 6 nitrogen and oxygen atoms in total. The molecule has 3 aromatic rings. The number of carbonyl (C=O) groups excluding carboxylic acids is 1. The van der Waals surface area contributed by atoms with Gasteiger partial charge in [0.05, 0.1) is 19.1 Å². The smallest absolute Gasteiger partial charge is 0.295 e.